The highest BCUT2D eigenvalue weighted by molar-refractivity contribution is 5.96. The highest BCUT2D eigenvalue weighted by atomic mass is 16.6. The van der Waals surface area contributed by atoms with Gasteiger partial charge in [0.15, 0.2) is 6.10 Å². The standard InChI is InChI=1S/C15H21N3O5/c1-4-10(2)18-13(5-6-16-18)17-14(19)11(3)23-15(20)12-9-21-7-8-22-12/h5-6,9-11H,4,7-8H2,1-3H3,(H,17,19)/t10-,11-/m0/s1. The smallest absolute Gasteiger partial charge is 0.377 e. The van der Waals surface area contributed by atoms with Crippen molar-refractivity contribution in [3.63, 3.8) is 0 Å². The summed E-state index contributed by atoms with van der Waals surface area (Å²) in [6.45, 7) is 6.17. The molecule has 0 bridgehead atoms. The van der Waals surface area contributed by atoms with Crippen molar-refractivity contribution in [2.75, 3.05) is 18.5 Å². The maximum Gasteiger partial charge on any atom is 0.377 e. The molecule has 1 N–H and O–H groups in total. The average Bonchev–Trinajstić information content (AvgIpc) is 3.02. The molecule has 8 nitrogen and oxygen atoms in total. The third-order valence-electron chi connectivity index (χ3n) is 3.43. The van der Waals surface area contributed by atoms with Crippen molar-refractivity contribution in [1.29, 1.82) is 0 Å². The molecule has 1 amide bonds. The number of hydrogen-bond donors (Lipinski definition) is 1. The van der Waals surface area contributed by atoms with Crippen LogP contribution in [0, 0.1) is 0 Å². The van der Waals surface area contributed by atoms with E-state index in [1.165, 1.54) is 13.2 Å². The van der Waals surface area contributed by atoms with Gasteiger partial charge < -0.3 is 19.5 Å². The maximum atomic E-state index is 12.2. The number of aromatic nitrogens is 2. The SMILES string of the molecule is CC[C@H](C)n1nccc1NC(=O)[C@H](C)OC(=O)C1=COCCO1. The van der Waals surface area contributed by atoms with E-state index in [1.807, 2.05) is 13.8 Å². The first kappa shape index (κ1) is 16.9. The Morgan fingerprint density at radius 1 is 1.43 bits per heavy atom. The monoisotopic (exact) mass is 323 g/mol. The number of carbonyl (C=O) groups is 2. The maximum absolute atomic E-state index is 12.2. The van der Waals surface area contributed by atoms with Crippen molar-refractivity contribution in [1.82, 2.24) is 9.78 Å². The fourth-order valence-corrected chi connectivity index (χ4v) is 1.91. The number of nitrogens with zero attached hydrogens (tertiary/aromatic N) is 2. The van der Waals surface area contributed by atoms with E-state index < -0.39 is 18.0 Å². The van der Waals surface area contributed by atoms with Crippen molar-refractivity contribution in [2.24, 2.45) is 0 Å². The number of hydrogen-bond acceptors (Lipinski definition) is 6. The zero-order chi connectivity index (χ0) is 16.8. The largest absolute Gasteiger partial charge is 0.493 e. The van der Waals surface area contributed by atoms with E-state index in [0.717, 1.165) is 6.42 Å². The number of ether oxygens (including phenoxy) is 3. The number of amides is 1. The molecule has 0 unspecified atom stereocenters. The Morgan fingerprint density at radius 2 is 2.22 bits per heavy atom. The first-order valence-corrected chi connectivity index (χ1v) is 7.52. The van der Waals surface area contributed by atoms with Crippen LogP contribution < -0.4 is 5.32 Å². The lowest BCUT2D eigenvalue weighted by Gasteiger charge is -2.18. The quantitative estimate of drug-likeness (QED) is 0.800. The molecule has 126 valence electrons. The second-order valence-electron chi connectivity index (χ2n) is 5.16. The lowest BCUT2D eigenvalue weighted by atomic mass is 10.3. The minimum Gasteiger partial charge on any atom is -0.493 e. The van der Waals surface area contributed by atoms with E-state index in [0.29, 0.717) is 12.4 Å². The van der Waals surface area contributed by atoms with Crippen molar-refractivity contribution in [3.8, 4) is 0 Å². The first-order chi connectivity index (χ1) is 11.0. The Bertz CT molecular complexity index is 596. The summed E-state index contributed by atoms with van der Waals surface area (Å²) in [6.07, 6.45) is 2.69. The fourth-order valence-electron chi connectivity index (χ4n) is 1.91. The van der Waals surface area contributed by atoms with Gasteiger partial charge in [0.05, 0.1) is 12.2 Å². The molecule has 1 aromatic rings. The number of esters is 1. The van der Waals surface area contributed by atoms with Crippen LogP contribution in [0.4, 0.5) is 5.82 Å². The van der Waals surface area contributed by atoms with Crippen molar-refractivity contribution >= 4 is 17.7 Å². The number of carbonyl (C=O) groups excluding carboxylic acids is 2. The molecule has 0 fully saturated rings. The van der Waals surface area contributed by atoms with Crippen LogP contribution >= 0.6 is 0 Å². The summed E-state index contributed by atoms with van der Waals surface area (Å²) in [6, 6.07) is 1.84. The third kappa shape index (κ3) is 4.24. The normalized spacial score (nSPS) is 16.4. The third-order valence-corrected chi connectivity index (χ3v) is 3.43. The van der Waals surface area contributed by atoms with Gasteiger partial charge in [0, 0.05) is 6.07 Å². The Hall–Kier alpha value is -2.51. The molecule has 2 heterocycles. The summed E-state index contributed by atoms with van der Waals surface area (Å²) >= 11 is 0. The predicted octanol–water partition coefficient (Wildman–Crippen LogP) is 1.61. The second kappa shape index (κ2) is 7.66. The number of nitrogens with one attached hydrogen (secondary N) is 1. The summed E-state index contributed by atoms with van der Waals surface area (Å²) in [7, 11) is 0. The van der Waals surface area contributed by atoms with Gasteiger partial charge in [0.25, 0.3) is 5.91 Å². The zero-order valence-corrected chi connectivity index (χ0v) is 13.4. The van der Waals surface area contributed by atoms with Crippen LogP contribution in [0.15, 0.2) is 24.3 Å². The Morgan fingerprint density at radius 3 is 2.87 bits per heavy atom. The van der Waals surface area contributed by atoms with Gasteiger partial charge in [-0.3, -0.25) is 4.79 Å². The summed E-state index contributed by atoms with van der Waals surface area (Å²) in [5.41, 5.74) is 0. The molecule has 0 aromatic carbocycles. The molecule has 0 aliphatic carbocycles. The van der Waals surface area contributed by atoms with E-state index in [-0.39, 0.29) is 18.4 Å². The predicted molar refractivity (Wildman–Crippen MR) is 81.4 cm³/mol. The van der Waals surface area contributed by atoms with Gasteiger partial charge in [-0.15, -0.1) is 0 Å². The van der Waals surface area contributed by atoms with E-state index >= 15 is 0 Å². The molecule has 0 radical (unpaired) electrons. The minimum atomic E-state index is -0.978. The van der Waals surface area contributed by atoms with Crippen LogP contribution in [0.25, 0.3) is 0 Å². The van der Waals surface area contributed by atoms with E-state index in [9.17, 15) is 9.59 Å². The van der Waals surface area contributed by atoms with Crippen LogP contribution in [0.2, 0.25) is 0 Å². The molecule has 1 aromatic heterocycles. The van der Waals surface area contributed by atoms with Gasteiger partial charge in [-0.2, -0.15) is 5.10 Å². The van der Waals surface area contributed by atoms with Gasteiger partial charge in [-0.25, -0.2) is 9.48 Å². The topological polar surface area (TPSA) is 91.7 Å². The molecule has 0 saturated heterocycles. The van der Waals surface area contributed by atoms with Crippen LogP contribution in [0.1, 0.15) is 33.2 Å². The van der Waals surface area contributed by atoms with E-state index in [1.54, 1.807) is 16.9 Å². The number of rotatable bonds is 6. The fraction of sp³-hybridized carbons (Fsp3) is 0.533. The highest BCUT2D eigenvalue weighted by Crippen LogP contribution is 2.17. The van der Waals surface area contributed by atoms with Crippen molar-refractivity contribution in [3.05, 3.63) is 24.3 Å². The van der Waals surface area contributed by atoms with E-state index in [2.05, 4.69) is 10.4 Å². The van der Waals surface area contributed by atoms with Crippen LogP contribution in [0.3, 0.4) is 0 Å². The summed E-state index contributed by atoms with van der Waals surface area (Å²) < 4.78 is 16.9. The Balaban J connectivity index is 1.94. The molecule has 2 rings (SSSR count). The highest BCUT2D eigenvalue weighted by Gasteiger charge is 2.24. The molecular weight excluding hydrogens is 302 g/mol. The lowest BCUT2D eigenvalue weighted by molar-refractivity contribution is -0.153. The molecule has 8 heteroatoms. The first-order valence-electron chi connectivity index (χ1n) is 7.52. The van der Waals surface area contributed by atoms with Crippen molar-refractivity contribution < 1.29 is 23.8 Å². The minimum absolute atomic E-state index is 0.0412. The van der Waals surface area contributed by atoms with Crippen LogP contribution in [-0.4, -0.2) is 41.0 Å². The average molecular weight is 323 g/mol. The molecule has 23 heavy (non-hydrogen) atoms. The van der Waals surface area contributed by atoms with Gasteiger partial charge in [-0.05, 0) is 20.3 Å². The Labute approximate surface area is 134 Å². The van der Waals surface area contributed by atoms with Crippen LogP contribution in [0.5, 0.6) is 0 Å². The molecule has 0 spiro atoms. The molecule has 0 saturated carbocycles. The van der Waals surface area contributed by atoms with Gasteiger partial charge >= 0.3 is 5.97 Å². The molecule has 1 aliphatic rings. The number of anilines is 1. The summed E-state index contributed by atoms with van der Waals surface area (Å²) in [5, 5.41) is 6.89. The zero-order valence-electron chi connectivity index (χ0n) is 13.4. The van der Waals surface area contributed by atoms with Gasteiger partial charge in [-0.1, -0.05) is 6.92 Å². The molecule has 2 atom stereocenters. The molecular formula is C15H21N3O5. The Kier molecular flexibility index (Phi) is 5.61. The molecule has 1 aliphatic heterocycles. The van der Waals surface area contributed by atoms with E-state index in [4.69, 9.17) is 14.2 Å². The van der Waals surface area contributed by atoms with Crippen LogP contribution in [-0.2, 0) is 23.8 Å². The van der Waals surface area contributed by atoms with Gasteiger partial charge in [0.1, 0.15) is 25.3 Å². The van der Waals surface area contributed by atoms with Crippen molar-refractivity contribution in [2.45, 2.75) is 39.3 Å². The summed E-state index contributed by atoms with van der Waals surface area (Å²) in [5.74, 6) is -0.659. The summed E-state index contributed by atoms with van der Waals surface area (Å²) in [4.78, 5) is 24.0. The lowest BCUT2D eigenvalue weighted by Crippen LogP contribution is -2.32. The second-order valence-corrected chi connectivity index (χ2v) is 5.16. The van der Waals surface area contributed by atoms with Gasteiger partial charge in [0.2, 0.25) is 5.76 Å².